The minimum absolute atomic E-state index is 0.0325. The van der Waals surface area contributed by atoms with Gasteiger partial charge in [0.05, 0.1) is 12.1 Å². The molecule has 0 aromatic heterocycles. The maximum absolute atomic E-state index is 14.2. The summed E-state index contributed by atoms with van der Waals surface area (Å²) in [5.41, 5.74) is 38.7. The first-order valence-electron chi connectivity index (χ1n) is 26.2. The van der Waals surface area contributed by atoms with Crippen molar-refractivity contribution in [3.8, 4) is 0 Å². The predicted molar refractivity (Wildman–Crippen MR) is 295 cm³/mol. The SMILES string of the molecule is CSCC[C@H](NC(=O)[C@H](C)NC(=O)[C@H](CCCN=C(N)N)NC(=O)[C@H](C)N)C(=O)N[C@H]1CCCCNC(=O)CC[C@@H](C(N)=O)NC(=O)[C@H](CCCCN)NC(=O)[C@H](CCCN=C(N)N)NC(=O)[C@H](C)NC(=O)[C@H]([C@@H](C)O)NC1=O. The summed E-state index contributed by atoms with van der Waals surface area (Å²) in [6.07, 6.45) is 1.22. The van der Waals surface area contributed by atoms with Crippen LogP contribution in [0.2, 0.25) is 0 Å². The van der Waals surface area contributed by atoms with Crippen molar-refractivity contribution in [1.82, 2.24) is 53.2 Å². The molecule has 1 heterocycles. The number of nitrogens with zero attached hydrogens (tertiary/aromatic N) is 2. The molecule has 79 heavy (non-hydrogen) atoms. The fourth-order valence-electron chi connectivity index (χ4n) is 7.55. The Labute approximate surface area is 464 Å². The maximum Gasteiger partial charge on any atom is 0.245 e. The van der Waals surface area contributed by atoms with E-state index in [4.69, 9.17) is 40.1 Å². The van der Waals surface area contributed by atoms with E-state index < -0.39 is 132 Å². The van der Waals surface area contributed by atoms with Gasteiger partial charge in [-0.1, -0.05) is 0 Å². The summed E-state index contributed by atoms with van der Waals surface area (Å²) < 4.78 is 0. The van der Waals surface area contributed by atoms with Gasteiger partial charge in [-0.25, -0.2) is 0 Å². The molecule has 0 aliphatic carbocycles. The summed E-state index contributed by atoms with van der Waals surface area (Å²) in [5.74, 6) is -9.15. The van der Waals surface area contributed by atoms with Crippen molar-refractivity contribution in [3.05, 3.63) is 0 Å². The molecule has 0 aromatic rings. The molecule has 0 unspecified atom stereocenters. The van der Waals surface area contributed by atoms with Crippen molar-refractivity contribution in [1.29, 1.82) is 0 Å². The van der Waals surface area contributed by atoms with E-state index in [0.29, 0.717) is 18.6 Å². The summed E-state index contributed by atoms with van der Waals surface area (Å²) in [6.45, 7) is 5.71. The van der Waals surface area contributed by atoms with Gasteiger partial charge in [0.1, 0.15) is 54.4 Å². The minimum atomic E-state index is -1.73. The molecule has 448 valence electrons. The summed E-state index contributed by atoms with van der Waals surface area (Å²) in [7, 11) is 0. The number of hydrogen-bond donors (Lipinski definition) is 18. The number of aliphatic hydroxyl groups is 1. The quantitative estimate of drug-likeness (QED) is 0.0229. The number of aliphatic hydroxyl groups excluding tert-OH is 1. The van der Waals surface area contributed by atoms with E-state index in [1.807, 2.05) is 0 Å². The molecule has 31 nitrogen and oxygen atoms in total. The van der Waals surface area contributed by atoms with Crippen molar-refractivity contribution >= 4 is 88.7 Å². The Morgan fingerprint density at radius 1 is 0.671 bits per heavy atom. The van der Waals surface area contributed by atoms with Crippen molar-refractivity contribution < 1.29 is 57.8 Å². The topological polar surface area (TPSA) is 535 Å². The minimum Gasteiger partial charge on any atom is -0.391 e. The number of amides is 11. The fraction of sp³-hybridized carbons (Fsp3) is 0.723. The zero-order chi connectivity index (χ0) is 59.8. The third-order valence-electron chi connectivity index (χ3n) is 12.2. The number of unbranched alkanes of at least 4 members (excludes halogenated alkanes) is 1. The maximum atomic E-state index is 14.2. The molecule has 1 saturated heterocycles. The molecular formula is C47H87N19O12S. The van der Waals surface area contributed by atoms with E-state index in [9.17, 15) is 57.8 Å². The van der Waals surface area contributed by atoms with Crippen LogP contribution in [0.5, 0.6) is 0 Å². The van der Waals surface area contributed by atoms with E-state index >= 15 is 0 Å². The Hall–Kier alpha value is -7.06. The molecule has 25 N–H and O–H groups in total. The monoisotopic (exact) mass is 1140 g/mol. The third-order valence-corrected chi connectivity index (χ3v) is 12.8. The Balaban J connectivity index is 3.60. The Kier molecular flexibility index (Phi) is 33.4. The number of thioether (sulfide) groups is 1. The van der Waals surface area contributed by atoms with Crippen molar-refractivity contribution in [3.63, 3.8) is 0 Å². The van der Waals surface area contributed by atoms with Gasteiger partial charge in [-0.15, -0.1) is 0 Å². The van der Waals surface area contributed by atoms with Crippen LogP contribution in [-0.2, 0) is 52.7 Å². The van der Waals surface area contributed by atoms with Crippen LogP contribution in [0, 0.1) is 0 Å². The van der Waals surface area contributed by atoms with Crippen molar-refractivity contribution in [2.45, 2.75) is 178 Å². The van der Waals surface area contributed by atoms with Crippen molar-refractivity contribution in [2.75, 3.05) is 38.2 Å². The Bertz CT molecular complexity index is 2110. The average Bonchev–Trinajstić information content (AvgIpc) is 3.37. The first kappa shape index (κ1) is 70.0. The number of carbonyl (C=O) groups excluding carboxylic acids is 11. The van der Waals surface area contributed by atoms with E-state index in [1.54, 1.807) is 6.26 Å². The van der Waals surface area contributed by atoms with Gasteiger partial charge in [0.25, 0.3) is 0 Å². The highest BCUT2D eigenvalue weighted by Gasteiger charge is 2.35. The lowest BCUT2D eigenvalue weighted by Gasteiger charge is -2.28. The first-order chi connectivity index (χ1) is 37.2. The van der Waals surface area contributed by atoms with Crippen LogP contribution in [0.15, 0.2) is 9.98 Å². The fourth-order valence-corrected chi connectivity index (χ4v) is 8.02. The van der Waals surface area contributed by atoms with Crippen LogP contribution in [-0.4, -0.2) is 187 Å². The van der Waals surface area contributed by atoms with E-state index in [1.165, 1.54) is 39.5 Å². The zero-order valence-corrected chi connectivity index (χ0v) is 46.7. The summed E-state index contributed by atoms with van der Waals surface area (Å²) in [5, 5.41) is 36.3. The molecular weight excluding hydrogens is 1050 g/mol. The van der Waals surface area contributed by atoms with E-state index in [2.05, 4.69) is 63.2 Å². The zero-order valence-electron chi connectivity index (χ0n) is 45.9. The van der Waals surface area contributed by atoms with Gasteiger partial charge in [-0.2, -0.15) is 11.8 Å². The Morgan fingerprint density at radius 3 is 1.84 bits per heavy atom. The number of carbonyl (C=O) groups is 11. The first-order valence-corrected chi connectivity index (χ1v) is 27.6. The predicted octanol–water partition coefficient (Wildman–Crippen LogP) is -7.33. The molecule has 1 aliphatic rings. The second kappa shape index (κ2) is 37.7. The van der Waals surface area contributed by atoms with Crippen LogP contribution < -0.4 is 93.3 Å². The third kappa shape index (κ3) is 28.4. The number of hydrogen-bond acceptors (Lipinski definition) is 17. The number of rotatable bonds is 25. The lowest BCUT2D eigenvalue weighted by Crippen LogP contribution is -2.61. The van der Waals surface area contributed by atoms with Crippen LogP contribution >= 0.6 is 11.8 Å². The molecule has 32 heteroatoms. The highest BCUT2D eigenvalue weighted by molar-refractivity contribution is 7.98. The number of aliphatic imine (C=N–C) groups is 2. The lowest BCUT2D eigenvalue weighted by molar-refractivity contribution is -0.137. The molecule has 1 aliphatic heterocycles. The number of nitrogens with one attached hydrogen (secondary N) is 10. The molecule has 11 amide bonds. The van der Waals surface area contributed by atoms with E-state index in [-0.39, 0.29) is 109 Å². The summed E-state index contributed by atoms with van der Waals surface area (Å²) in [6, 6.07) is -13.2. The second-order valence-electron chi connectivity index (χ2n) is 19.1. The molecule has 0 bridgehead atoms. The molecule has 0 aromatic carbocycles. The smallest absolute Gasteiger partial charge is 0.245 e. The van der Waals surface area contributed by atoms with Gasteiger partial charge in [-0.05, 0) is 123 Å². The van der Waals surface area contributed by atoms with Gasteiger partial charge in [0.15, 0.2) is 11.9 Å². The van der Waals surface area contributed by atoms with Gasteiger partial charge in [0, 0.05) is 26.1 Å². The van der Waals surface area contributed by atoms with Gasteiger partial charge < -0.3 is 98.4 Å². The molecule has 0 spiro atoms. The second-order valence-corrected chi connectivity index (χ2v) is 20.1. The van der Waals surface area contributed by atoms with Gasteiger partial charge >= 0.3 is 0 Å². The van der Waals surface area contributed by atoms with Gasteiger partial charge in [0.2, 0.25) is 65.0 Å². The van der Waals surface area contributed by atoms with E-state index in [0.717, 1.165) is 0 Å². The molecule has 1 rings (SSSR count). The standard InChI is InChI=1S/C47H87N19O12S/c1-24(49)37(70)61-31(14-10-21-56-46(51)52)40(73)58-25(2)38(71)63-33(18-23-79-5)43(76)65-30-13-7-9-20-55-34(68)17-16-28(36(50)69)60-41(74)29(12-6-8-19-48)64-42(75)32(15-11-22-57-47(53)54)62-39(72)26(3)59-45(78)35(27(4)67)66-44(30)77/h24-33,35,67H,6-23,48-49H2,1-5H3,(H2,50,69)(H,55,68)(H,58,73)(H,59,78)(H,60,74)(H,61,70)(H,62,72)(H,63,71)(H,64,75)(H,65,76)(H,66,77)(H4,51,52,56)(H4,53,54,57)/t24-,25-,26-,27+,28-,29-,30-,31-,32-,33-,35-/m0/s1. The summed E-state index contributed by atoms with van der Waals surface area (Å²) >= 11 is 1.34. The highest BCUT2D eigenvalue weighted by Crippen LogP contribution is 2.11. The Morgan fingerprint density at radius 2 is 1.25 bits per heavy atom. The van der Waals surface area contributed by atoms with Crippen LogP contribution in [0.4, 0.5) is 0 Å². The average molecular weight is 1140 g/mol. The van der Waals surface area contributed by atoms with Crippen molar-refractivity contribution in [2.24, 2.45) is 50.1 Å². The van der Waals surface area contributed by atoms with Crippen LogP contribution in [0.1, 0.15) is 111 Å². The molecule has 0 saturated carbocycles. The van der Waals surface area contributed by atoms with Gasteiger partial charge in [-0.3, -0.25) is 62.7 Å². The van der Waals surface area contributed by atoms with Crippen LogP contribution in [0.3, 0.4) is 0 Å². The summed E-state index contributed by atoms with van der Waals surface area (Å²) in [4.78, 5) is 156. The lowest BCUT2D eigenvalue weighted by atomic mass is 10.0. The van der Waals surface area contributed by atoms with Crippen LogP contribution in [0.25, 0.3) is 0 Å². The largest absolute Gasteiger partial charge is 0.391 e. The normalized spacial score (nSPS) is 22.3. The molecule has 0 radical (unpaired) electrons. The number of nitrogens with two attached hydrogens (primary N) is 7. The highest BCUT2D eigenvalue weighted by atomic mass is 32.2. The molecule has 11 atom stereocenters. The molecule has 1 fully saturated rings. The number of guanidine groups is 2. The number of primary amides is 1.